The van der Waals surface area contributed by atoms with Crippen molar-refractivity contribution in [3.8, 4) is 0 Å². The van der Waals surface area contributed by atoms with Crippen LogP contribution in [0.2, 0.25) is 0 Å². The van der Waals surface area contributed by atoms with E-state index in [4.69, 9.17) is 4.42 Å². The minimum atomic E-state index is -1.16. The van der Waals surface area contributed by atoms with Gasteiger partial charge in [-0.25, -0.2) is 0 Å². The van der Waals surface area contributed by atoms with Crippen molar-refractivity contribution in [2.75, 3.05) is 0 Å². The lowest BCUT2D eigenvalue weighted by Crippen LogP contribution is -2.05. The minimum Gasteiger partial charge on any atom is -0.468 e. The van der Waals surface area contributed by atoms with E-state index in [-0.39, 0.29) is 5.25 Å². The molecule has 0 aliphatic carbocycles. The zero-order chi connectivity index (χ0) is 11.5. The van der Waals surface area contributed by atoms with Crippen molar-refractivity contribution in [1.82, 2.24) is 9.97 Å². The molecule has 0 amide bonds. The van der Waals surface area contributed by atoms with Crippen LogP contribution in [0.4, 0.5) is 0 Å². The highest BCUT2D eigenvalue weighted by molar-refractivity contribution is 7.85. The summed E-state index contributed by atoms with van der Waals surface area (Å²) in [6, 6.07) is 1.73. The van der Waals surface area contributed by atoms with Gasteiger partial charge in [0.05, 0.1) is 32.9 Å². The summed E-state index contributed by atoms with van der Waals surface area (Å²) in [6.07, 6.45) is 6.39. The highest BCUT2D eigenvalue weighted by atomic mass is 32.2. The maximum atomic E-state index is 12.2. The Labute approximate surface area is 96.2 Å². The third kappa shape index (κ3) is 2.04. The van der Waals surface area contributed by atoms with E-state index in [1.54, 1.807) is 37.8 Å². The van der Waals surface area contributed by atoms with Crippen LogP contribution < -0.4 is 0 Å². The number of hydrogen-bond donors (Lipinski definition) is 0. The van der Waals surface area contributed by atoms with Crippen LogP contribution in [0, 0.1) is 6.92 Å². The molecule has 0 saturated carbocycles. The Kier molecular flexibility index (Phi) is 3.14. The lowest BCUT2D eigenvalue weighted by Gasteiger charge is -2.09. The summed E-state index contributed by atoms with van der Waals surface area (Å²) < 4.78 is 17.4. The summed E-state index contributed by atoms with van der Waals surface area (Å²) in [5.74, 6) is 0.689. The molecule has 2 atom stereocenters. The predicted molar refractivity (Wildman–Crippen MR) is 60.3 cm³/mol. The van der Waals surface area contributed by atoms with E-state index in [0.29, 0.717) is 5.76 Å². The quantitative estimate of drug-likeness (QED) is 0.820. The van der Waals surface area contributed by atoms with Gasteiger partial charge in [0, 0.05) is 18.6 Å². The number of furan rings is 1. The van der Waals surface area contributed by atoms with Crippen LogP contribution in [0.25, 0.3) is 0 Å². The van der Waals surface area contributed by atoms with E-state index >= 15 is 0 Å². The highest BCUT2D eigenvalue weighted by Crippen LogP contribution is 2.25. The number of nitrogens with zero attached hydrogens (tertiary/aromatic N) is 2. The Bertz CT molecular complexity index is 496. The molecule has 4 nitrogen and oxygen atoms in total. The molecule has 0 aliphatic rings. The first-order valence-corrected chi connectivity index (χ1v) is 6.12. The van der Waals surface area contributed by atoms with Crippen molar-refractivity contribution in [3.63, 3.8) is 0 Å². The Morgan fingerprint density at radius 3 is 2.81 bits per heavy atom. The van der Waals surface area contributed by atoms with Gasteiger partial charge in [0.1, 0.15) is 5.76 Å². The van der Waals surface area contributed by atoms with E-state index < -0.39 is 10.8 Å². The molecule has 2 rings (SSSR count). The molecule has 0 bridgehead atoms. The van der Waals surface area contributed by atoms with Crippen LogP contribution in [0.3, 0.4) is 0 Å². The Morgan fingerprint density at radius 2 is 2.25 bits per heavy atom. The van der Waals surface area contributed by atoms with Gasteiger partial charge in [-0.3, -0.25) is 14.2 Å². The van der Waals surface area contributed by atoms with Crippen molar-refractivity contribution in [3.05, 3.63) is 42.4 Å². The molecule has 0 aliphatic heterocycles. The van der Waals surface area contributed by atoms with Gasteiger partial charge in [0.25, 0.3) is 0 Å². The number of aromatic nitrogens is 2. The topological polar surface area (TPSA) is 56.0 Å². The summed E-state index contributed by atoms with van der Waals surface area (Å²) >= 11 is 0. The van der Waals surface area contributed by atoms with Crippen molar-refractivity contribution in [1.29, 1.82) is 0 Å². The molecule has 0 radical (unpaired) electrons. The van der Waals surface area contributed by atoms with Gasteiger partial charge in [-0.15, -0.1) is 0 Å². The Balaban J connectivity index is 2.27. The van der Waals surface area contributed by atoms with Crippen LogP contribution in [-0.2, 0) is 10.8 Å². The molecule has 0 N–H and O–H groups in total. The van der Waals surface area contributed by atoms with Crippen molar-refractivity contribution in [2.45, 2.75) is 24.0 Å². The maximum Gasteiger partial charge on any atom is 0.116 e. The maximum absolute atomic E-state index is 12.2. The first kappa shape index (κ1) is 11.0. The monoisotopic (exact) mass is 236 g/mol. The number of rotatable bonds is 3. The second-order valence-corrected chi connectivity index (χ2v) is 5.15. The van der Waals surface area contributed by atoms with Gasteiger partial charge in [0.15, 0.2) is 0 Å². The molecule has 0 unspecified atom stereocenters. The smallest absolute Gasteiger partial charge is 0.116 e. The minimum absolute atomic E-state index is 0.190. The Morgan fingerprint density at radius 1 is 1.44 bits per heavy atom. The molecular formula is C11H12N2O2S. The molecule has 0 aromatic carbocycles. The summed E-state index contributed by atoms with van der Waals surface area (Å²) in [6.45, 7) is 3.67. The zero-order valence-corrected chi connectivity index (χ0v) is 9.90. The van der Waals surface area contributed by atoms with E-state index in [2.05, 4.69) is 9.97 Å². The predicted octanol–water partition coefficient (Wildman–Crippen LogP) is 2.25. The zero-order valence-electron chi connectivity index (χ0n) is 9.08. The Hall–Kier alpha value is -1.49. The van der Waals surface area contributed by atoms with Crippen molar-refractivity contribution < 1.29 is 8.63 Å². The molecular weight excluding hydrogens is 224 g/mol. The fourth-order valence-electron chi connectivity index (χ4n) is 1.40. The van der Waals surface area contributed by atoms with Crippen LogP contribution in [0.5, 0.6) is 0 Å². The highest BCUT2D eigenvalue weighted by Gasteiger charge is 2.19. The SMILES string of the molecule is Cc1occc1[S@@](=O)[C@H](C)c1cnccn1. The summed E-state index contributed by atoms with van der Waals surface area (Å²) in [4.78, 5) is 8.85. The lowest BCUT2D eigenvalue weighted by atomic mass is 10.3. The molecule has 2 aromatic rings. The first-order valence-electron chi connectivity index (χ1n) is 4.90. The molecule has 2 aromatic heterocycles. The summed E-state index contributed by atoms with van der Waals surface area (Å²) in [5.41, 5.74) is 0.724. The number of hydrogen-bond acceptors (Lipinski definition) is 4. The fraction of sp³-hybridized carbons (Fsp3) is 0.273. The van der Waals surface area contributed by atoms with E-state index in [1.165, 1.54) is 0 Å². The van der Waals surface area contributed by atoms with Crippen LogP contribution in [0.15, 0.2) is 40.2 Å². The first-order chi connectivity index (χ1) is 7.70. The third-order valence-electron chi connectivity index (χ3n) is 2.35. The molecule has 5 heteroatoms. The van der Waals surface area contributed by atoms with Gasteiger partial charge in [-0.2, -0.15) is 0 Å². The van der Waals surface area contributed by atoms with E-state index in [0.717, 1.165) is 10.6 Å². The van der Waals surface area contributed by atoms with Gasteiger partial charge in [-0.1, -0.05) is 0 Å². The largest absolute Gasteiger partial charge is 0.468 e. The average molecular weight is 236 g/mol. The molecule has 0 spiro atoms. The summed E-state index contributed by atoms with van der Waals surface area (Å²) in [7, 11) is -1.16. The average Bonchev–Trinajstić information content (AvgIpc) is 2.75. The molecule has 84 valence electrons. The van der Waals surface area contributed by atoms with Gasteiger partial charge in [-0.05, 0) is 19.9 Å². The normalized spacial score (nSPS) is 14.6. The molecule has 0 saturated heterocycles. The summed E-state index contributed by atoms with van der Waals surface area (Å²) in [5, 5.41) is -0.190. The third-order valence-corrected chi connectivity index (χ3v) is 4.09. The fourth-order valence-corrected chi connectivity index (χ4v) is 2.65. The number of aryl methyl sites for hydroxylation is 1. The second kappa shape index (κ2) is 4.57. The standard InChI is InChI=1S/C11H12N2O2S/c1-8-11(3-6-15-8)16(14)9(2)10-7-12-4-5-13-10/h3-7,9H,1-2H3/t9-,16+/m1/s1. The van der Waals surface area contributed by atoms with Gasteiger partial charge >= 0.3 is 0 Å². The van der Waals surface area contributed by atoms with Crippen LogP contribution in [-0.4, -0.2) is 14.2 Å². The van der Waals surface area contributed by atoms with Crippen LogP contribution in [0.1, 0.15) is 23.6 Å². The van der Waals surface area contributed by atoms with Crippen molar-refractivity contribution >= 4 is 10.8 Å². The van der Waals surface area contributed by atoms with Crippen LogP contribution >= 0.6 is 0 Å². The molecule has 0 fully saturated rings. The van der Waals surface area contributed by atoms with Gasteiger partial charge < -0.3 is 4.42 Å². The molecule has 16 heavy (non-hydrogen) atoms. The second-order valence-electron chi connectivity index (χ2n) is 3.41. The van der Waals surface area contributed by atoms with Crippen molar-refractivity contribution in [2.24, 2.45) is 0 Å². The molecule has 2 heterocycles. The van der Waals surface area contributed by atoms with E-state index in [1.807, 2.05) is 6.92 Å². The van der Waals surface area contributed by atoms with Gasteiger partial charge in [0.2, 0.25) is 0 Å². The lowest BCUT2D eigenvalue weighted by molar-refractivity contribution is 0.525. The van der Waals surface area contributed by atoms with E-state index in [9.17, 15) is 4.21 Å².